The van der Waals surface area contributed by atoms with Crippen LogP contribution in [0, 0.1) is 0 Å². The highest BCUT2D eigenvalue weighted by Gasteiger charge is 2.59. The molecule has 17 heavy (non-hydrogen) atoms. The highest BCUT2D eigenvalue weighted by Crippen LogP contribution is 2.43. The van der Waals surface area contributed by atoms with Crippen LogP contribution in [-0.2, 0) is 15.6 Å². The predicted molar refractivity (Wildman–Crippen MR) is 69.0 cm³/mol. The summed E-state index contributed by atoms with van der Waals surface area (Å²) in [6.07, 6.45) is 5.61. The van der Waals surface area contributed by atoms with Crippen LogP contribution in [0.2, 0.25) is 0 Å². The van der Waals surface area contributed by atoms with E-state index in [2.05, 4.69) is 19.2 Å². The number of nitrogens with one attached hydrogen (secondary N) is 1. The molecule has 0 aromatic heterocycles. The van der Waals surface area contributed by atoms with E-state index in [9.17, 15) is 9.00 Å². The normalized spacial score (nSPS) is 29.7. The maximum absolute atomic E-state index is 12.3. The summed E-state index contributed by atoms with van der Waals surface area (Å²) in [6.45, 7) is 4.17. The van der Waals surface area contributed by atoms with Gasteiger partial charge in [0.25, 0.3) is 0 Å². The molecule has 1 saturated carbocycles. The Morgan fingerprint density at radius 2 is 2.24 bits per heavy atom. The number of amides is 1. The van der Waals surface area contributed by atoms with Crippen molar-refractivity contribution in [3.05, 3.63) is 0 Å². The Bertz CT molecular complexity index is 341. The standard InChI is InChI=1S/C12H22N2O2S/c1-4-10-13-12(6-7-12)11(15)14(10)9(2)5-8-17(3)16/h9-10,13H,4-8H2,1-3H3. The SMILES string of the molecule is CCC1NC2(CC2)C(=O)N1C(C)CCS(C)=O. The molecular weight excluding hydrogens is 236 g/mol. The molecule has 2 aliphatic rings. The second kappa shape index (κ2) is 4.69. The number of hydrogen-bond donors (Lipinski definition) is 1. The zero-order valence-corrected chi connectivity index (χ0v) is 11.7. The van der Waals surface area contributed by atoms with E-state index in [-0.39, 0.29) is 23.7 Å². The van der Waals surface area contributed by atoms with Gasteiger partial charge in [-0.15, -0.1) is 0 Å². The number of rotatable bonds is 5. The third kappa shape index (κ3) is 2.40. The van der Waals surface area contributed by atoms with Crippen molar-refractivity contribution in [1.82, 2.24) is 10.2 Å². The van der Waals surface area contributed by atoms with Crippen LogP contribution in [0.3, 0.4) is 0 Å². The first-order chi connectivity index (χ1) is 8.00. The Kier molecular flexibility index (Phi) is 3.59. The minimum Gasteiger partial charge on any atom is -0.323 e. The molecule has 1 saturated heterocycles. The van der Waals surface area contributed by atoms with Crippen molar-refractivity contribution in [3.63, 3.8) is 0 Å². The zero-order chi connectivity index (χ0) is 12.6. The van der Waals surface area contributed by atoms with E-state index in [1.54, 1.807) is 6.26 Å². The summed E-state index contributed by atoms with van der Waals surface area (Å²) in [5, 5.41) is 3.46. The Morgan fingerprint density at radius 3 is 2.71 bits per heavy atom. The molecule has 4 nitrogen and oxygen atoms in total. The Hall–Kier alpha value is -0.420. The van der Waals surface area contributed by atoms with E-state index in [0.717, 1.165) is 25.7 Å². The fraction of sp³-hybridized carbons (Fsp3) is 0.917. The van der Waals surface area contributed by atoms with Gasteiger partial charge >= 0.3 is 0 Å². The maximum Gasteiger partial charge on any atom is 0.244 e. The number of carbonyl (C=O) groups is 1. The predicted octanol–water partition coefficient (Wildman–Crippen LogP) is 0.844. The molecule has 0 bridgehead atoms. The number of carbonyl (C=O) groups excluding carboxylic acids is 1. The molecule has 3 unspecified atom stereocenters. The molecule has 1 aliphatic carbocycles. The van der Waals surface area contributed by atoms with Crippen LogP contribution in [0.25, 0.3) is 0 Å². The fourth-order valence-electron chi connectivity index (χ4n) is 2.60. The van der Waals surface area contributed by atoms with E-state index in [4.69, 9.17) is 0 Å². The lowest BCUT2D eigenvalue weighted by Gasteiger charge is -2.29. The van der Waals surface area contributed by atoms with Crippen LogP contribution in [0.5, 0.6) is 0 Å². The van der Waals surface area contributed by atoms with Gasteiger partial charge in [0.05, 0.1) is 11.7 Å². The van der Waals surface area contributed by atoms with Crippen LogP contribution in [-0.4, -0.2) is 44.8 Å². The fourth-order valence-corrected chi connectivity index (χ4v) is 3.28. The molecule has 1 amide bonds. The molecule has 2 fully saturated rings. The molecule has 0 aromatic carbocycles. The summed E-state index contributed by atoms with van der Waals surface area (Å²) >= 11 is 0. The van der Waals surface area contributed by atoms with E-state index >= 15 is 0 Å². The molecule has 1 N–H and O–H groups in total. The van der Waals surface area contributed by atoms with Gasteiger partial charge in [-0.05, 0) is 32.6 Å². The quantitative estimate of drug-likeness (QED) is 0.795. The minimum absolute atomic E-state index is 0.172. The lowest BCUT2D eigenvalue weighted by atomic mass is 10.2. The summed E-state index contributed by atoms with van der Waals surface area (Å²) in [4.78, 5) is 14.3. The average Bonchev–Trinajstić information content (AvgIpc) is 2.99. The molecule has 1 spiro atoms. The largest absolute Gasteiger partial charge is 0.323 e. The second-order valence-corrected chi connectivity index (χ2v) is 6.83. The van der Waals surface area contributed by atoms with E-state index in [0.29, 0.717) is 5.75 Å². The molecule has 0 radical (unpaired) electrons. The van der Waals surface area contributed by atoms with Crippen LogP contribution in [0.4, 0.5) is 0 Å². The molecule has 98 valence electrons. The summed E-state index contributed by atoms with van der Waals surface area (Å²) in [6, 6.07) is 0.184. The summed E-state index contributed by atoms with van der Waals surface area (Å²) in [7, 11) is -0.773. The maximum atomic E-state index is 12.3. The first-order valence-corrected chi connectivity index (χ1v) is 8.13. The van der Waals surface area contributed by atoms with Crippen molar-refractivity contribution >= 4 is 16.7 Å². The van der Waals surface area contributed by atoms with Crippen LogP contribution >= 0.6 is 0 Å². The van der Waals surface area contributed by atoms with Crippen molar-refractivity contribution in [2.45, 2.75) is 57.3 Å². The van der Waals surface area contributed by atoms with Gasteiger partial charge < -0.3 is 4.90 Å². The molecule has 5 heteroatoms. The third-order valence-corrected chi connectivity index (χ3v) is 4.67. The number of hydrogen-bond acceptors (Lipinski definition) is 3. The van der Waals surface area contributed by atoms with Crippen molar-refractivity contribution in [2.24, 2.45) is 0 Å². The minimum atomic E-state index is -0.773. The Labute approximate surface area is 106 Å². The van der Waals surface area contributed by atoms with Crippen molar-refractivity contribution in [2.75, 3.05) is 12.0 Å². The van der Waals surface area contributed by atoms with Gasteiger partial charge in [0, 0.05) is 28.9 Å². The van der Waals surface area contributed by atoms with Crippen molar-refractivity contribution in [1.29, 1.82) is 0 Å². The van der Waals surface area contributed by atoms with Crippen molar-refractivity contribution in [3.8, 4) is 0 Å². The Morgan fingerprint density at radius 1 is 1.59 bits per heavy atom. The molecule has 1 heterocycles. The van der Waals surface area contributed by atoms with Gasteiger partial charge in [-0.1, -0.05) is 6.92 Å². The Balaban J connectivity index is 2.02. The summed E-state index contributed by atoms with van der Waals surface area (Å²) in [5.41, 5.74) is -0.222. The van der Waals surface area contributed by atoms with E-state index < -0.39 is 10.8 Å². The second-order valence-electron chi connectivity index (χ2n) is 5.28. The smallest absolute Gasteiger partial charge is 0.244 e. The van der Waals surface area contributed by atoms with Crippen LogP contribution in [0.1, 0.15) is 39.5 Å². The highest BCUT2D eigenvalue weighted by atomic mass is 32.2. The number of nitrogens with zero attached hydrogens (tertiary/aromatic N) is 1. The zero-order valence-electron chi connectivity index (χ0n) is 10.9. The van der Waals surface area contributed by atoms with E-state index in [1.165, 1.54) is 0 Å². The monoisotopic (exact) mass is 258 g/mol. The average molecular weight is 258 g/mol. The van der Waals surface area contributed by atoms with E-state index in [1.807, 2.05) is 4.90 Å². The first kappa shape index (κ1) is 13.0. The van der Waals surface area contributed by atoms with Crippen molar-refractivity contribution < 1.29 is 9.00 Å². The summed E-state index contributed by atoms with van der Waals surface area (Å²) in [5.74, 6) is 0.938. The van der Waals surface area contributed by atoms with Crippen LogP contribution < -0.4 is 5.32 Å². The molecule has 1 aliphatic heterocycles. The topological polar surface area (TPSA) is 49.4 Å². The van der Waals surface area contributed by atoms with Gasteiger partial charge in [0.1, 0.15) is 0 Å². The molecule has 2 rings (SSSR count). The molecule has 0 aromatic rings. The van der Waals surface area contributed by atoms with Gasteiger partial charge in [0.2, 0.25) is 5.91 Å². The lowest BCUT2D eigenvalue weighted by molar-refractivity contribution is -0.132. The summed E-state index contributed by atoms with van der Waals surface area (Å²) < 4.78 is 11.1. The first-order valence-electron chi connectivity index (χ1n) is 6.40. The van der Waals surface area contributed by atoms with Gasteiger partial charge in [0.15, 0.2) is 0 Å². The molecular formula is C12H22N2O2S. The van der Waals surface area contributed by atoms with Gasteiger partial charge in [-0.25, -0.2) is 0 Å². The third-order valence-electron chi connectivity index (χ3n) is 3.86. The lowest BCUT2D eigenvalue weighted by Crippen LogP contribution is -2.43. The molecule has 3 atom stereocenters. The van der Waals surface area contributed by atoms with Crippen LogP contribution in [0.15, 0.2) is 0 Å². The van der Waals surface area contributed by atoms with Gasteiger partial charge in [-0.3, -0.25) is 14.3 Å². The highest BCUT2D eigenvalue weighted by molar-refractivity contribution is 7.84. The van der Waals surface area contributed by atoms with Gasteiger partial charge in [-0.2, -0.15) is 0 Å².